The molecule has 6 heteroatoms. The Labute approximate surface area is 158 Å². The Morgan fingerprint density at radius 1 is 1.19 bits per heavy atom. The molecule has 1 heterocycles. The van der Waals surface area contributed by atoms with E-state index in [1.807, 2.05) is 24.3 Å². The van der Waals surface area contributed by atoms with Crippen LogP contribution in [0.1, 0.15) is 21.6 Å². The summed E-state index contributed by atoms with van der Waals surface area (Å²) in [6.45, 7) is 0. The Morgan fingerprint density at radius 2 is 1.96 bits per heavy atom. The zero-order valence-electron chi connectivity index (χ0n) is 13.9. The average Bonchev–Trinajstić information content (AvgIpc) is 2.64. The van der Waals surface area contributed by atoms with Crippen molar-refractivity contribution in [2.75, 3.05) is 7.11 Å². The Morgan fingerprint density at radius 3 is 2.65 bits per heavy atom. The van der Waals surface area contributed by atoms with Crippen LogP contribution in [-0.2, 0) is 6.42 Å². The highest BCUT2D eigenvalue weighted by Crippen LogP contribution is 2.27. The number of halogens is 2. The summed E-state index contributed by atoms with van der Waals surface area (Å²) in [5, 5.41) is 9.31. The molecule has 0 bridgehead atoms. The van der Waals surface area contributed by atoms with Gasteiger partial charge in [-0.1, -0.05) is 24.3 Å². The van der Waals surface area contributed by atoms with Gasteiger partial charge in [0.1, 0.15) is 11.6 Å². The zero-order valence-corrected chi connectivity index (χ0v) is 15.5. The number of methoxy groups -OCH3 is 1. The second-order valence-electron chi connectivity index (χ2n) is 5.67. The summed E-state index contributed by atoms with van der Waals surface area (Å²) in [6.07, 6.45) is 1.60. The van der Waals surface area contributed by atoms with E-state index in [0.29, 0.717) is 27.0 Å². The molecule has 132 valence electrons. The third-order valence-corrected chi connectivity index (χ3v) is 4.41. The van der Waals surface area contributed by atoms with Crippen molar-refractivity contribution in [2.45, 2.75) is 6.42 Å². The molecule has 3 aromatic rings. The van der Waals surface area contributed by atoms with E-state index in [0.717, 1.165) is 5.56 Å². The van der Waals surface area contributed by atoms with Gasteiger partial charge in [-0.15, -0.1) is 0 Å². The summed E-state index contributed by atoms with van der Waals surface area (Å²) < 4.78 is 20.4. The van der Waals surface area contributed by atoms with Crippen LogP contribution in [0, 0.1) is 5.82 Å². The summed E-state index contributed by atoms with van der Waals surface area (Å²) in [5.41, 5.74) is 2.30. The minimum Gasteiger partial charge on any atom is -0.497 e. The first kappa shape index (κ1) is 18.1. The molecule has 2 aromatic carbocycles. The van der Waals surface area contributed by atoms with Crippen molar-refractivity contribution < 1.29 is 19.0 Å². The second kappa shape index (κ2) is 7.66. The molecule has 3 rings (SSSR count). The maximum Gasteiger partial charge on any atom is 0.337 e. The Kier molecular flexibility index (Phi) is 5.32. The molecule has 0 saturated carbocycles. The van der Waals surface area contributed by atoms with Crippen LogP contribution in [0.5, 0.6) is 5.75 Å². The third kappa shape index (κ3) is 3.91. The third-order valence-electron chi connectivity index (χ3n) is 3.98. The topological polar surface area (TPSA) is 59.4 Å². The van der Waals surface area contributed by atoms with Gasteiger partial charge < -0.3 is 9.84 Å². The minimum atomic E-state index is -1.10. The number of benzene rings is 2. The SMILES string of the molecule is COc1cccc(-c2ccc(Cc3ncc(Br)cc3C(=O)O)c(F)c2)c1. The first-order valence-electron chi connectivity index (χ1n) is 7.78. The van der Waals surface area contributed by atoms with Gasteiger partial charge >= 0.3 is 5.97 Å². The monoisotopic (exact) mass is 415 g/mol. The van der Waals surface area contributed by atoms with E-state index in [1.54, 1.807) is 19.2 Å². The lowest BCUT2D eigenvalue weighted by Crippen LogP contribution is -2.06. The molecular weight excluding hydrogens is 401 g/mol. The lowest BCUT2D eigenvalue weighted by atomic mass is 10.00. The van der Waals surface area contributed by atoms with E-state index in [-0.39, 0.29) is 12.0 Å². The van der Waals surface area contributed by atoms with Gasteiger partial charge in [0.15, 0.2) is 0 Å². The highest BCUT2D eigenvalue weighted by atomic mass is 79.9. The van der Waals surface area contributed by atoms with Crippen molar-refractivity contribution in [1.82, 2.24) is 4.98 Å². The number of carboxylic acids is 1. The number of carbonyl (C=O) groups is 1. The Hall–Kier alpha value is -2.73. The number of aromatic nitrogens is 1. The van der Waals surface area contributed by atoms with Gasteiger partial charge in [0.2, 0.25) is 0 Å². The molecule has 26 heavy (non-hydrogen) atoms. The summed E-state index contributed by atoms with van der Waals surface area (Å²) in [5.74, 6) is -0.814. The van der Waals surface area contributed by atoms with Crippen molar-refractivity contribution in [3.63, 3.8) is 0 Å². The first-order valence-corrected chi connectivity index (χ1v) is 8.58. The van der Waals surface area contributed by atoms with Gasteiger partial charge in [0.25, 0.3) is 0 Å². The molecule has 0 aliphatic rings. The lowest BCUT2D eigenvalue weighted by molar-refractivity contribution is 0.0695. The molecular formula is C20H15BrFNO3. The summed E-state index contributed by atoms with van der Waals surface area (Å²) in [4.78, 5) is 15.5. The number of hydrogen-bond acceptors (Lipinski definition) is 3. The summed E-state index contributed by atoms with van der Waals surface area (Å²) in [7, 11) is 1.58. The number of rotatable bonds is 5. The fraction of sp³-hybridized carbons (Fsp3) is 0.100. The summed E-state index contributed by atoms with van der Waals surface area (Å²) >= 11 is 3.20. The molecule has 0 atom stereocenters. The predicted octanol–water partition coefficient (Wildman–Crippen LogP) is 4.95. The lowest BCUT2D eigenvalue weighted by Gasteiger charge is -2.09. The van der Waals surface area contributed by atoms with E-state index in [9.17, 15) is 14.3 Å². The highest BCUT2D eigenvalue weighted by Gasteiger charge is 2.15. The Balaban J connectivity index is 1.93. The maximum absolute atomic E-state index is 14.6. The Bertz CT molecular complexity index is 975. The second-order valence-corrected chi connectivity index (χ2v) is 6.58. The van der Waals surface area contributed by atoms with Gasteiger partial charge in [-0.3, -0.25) is 4.98 Å². The van der Waals surface area contributed by atoms with E-state index in [4.69, 9.17) is 4.74 Å². The smallest absolute Gasteiger partial charge is 0.337 e. The van der Waals surface area contributed by atoms with Gasteiger partial charge in [0, 0.05) is 17.1 Å². The molecule has 0 amide bonds. The fourth-order valence-corrected chi connectivity index (χ4v) is 2.98. The number of pyridine rings is 1. The van der Waals surface area contributed by atoms with Gasteiger partial charge in [-0.05, 0) is 56.9 Å². The maximum atomic E-state index is 14.6. The van der Waals surface area contributed by atoms with Crippen LogP contribution < -0.4 is 4.74 Å². The average molecular weight is 416 g/mol. The molecule has 1 N–H and O–H groups in total. The van der Waals surface area contributed by atoms with Crippen LogP contribution in [0.4, 0.5) is 4.39 Å². The van der Waals surface area contributed by atoms with Crippen molar-refractivity contribution in [1.29, 1.82) is 0 Å². The highest BCUT2D eigenvalue weighted by molar-refractivity contribution is 9.10. The van der Waals surface area contributed by atoms with Crippen LogP contribution >= 0.6 is 15.9 Å². The van der Waals surface area contributed by atoms with E-state index in [2.05, 4.69) is 20.9 Å². The number of carboxylic acid groups (broad SMARTS) is 1. The van der Waals surface area contributed by atoms with Crippen LogP contribution in [0.3, 0.4) is 0 Å². The molecule has 0 unspecified atom stereocenters. The van der Waals surface area contributed by atoms with E-state index in [1.165, 1.54) is 18.3 Å². The molecule has 0 fully saturated rings. The summed E-state index contributed by atoms with van der Waals surface area (Å²) in [6, 6.07) is 13.7. The standard InChI is InChI=1S/C20H15BrFNO3/c1-26-16-4-2-3-12(7-16)13-5-6-14(18(22)8-13)9-19-17(20(24)25)10-15(21)11-23-19/h2-8,10-11H,9H2,1H3,(H,24,25). The van der Waals surface area contributed by atoms with Crippen molar-refractivity contribution in [2.24, 2.45) is 0 Å². The van der Waals surface area contributed by atoms with Crippen LogP contribution in [0.25, 0.3) is 11.1 Å². The molecule has 0 aliphatic heterocycles. The predicted molar refractivity (Wildman–Crippen MR) is 100 cm³/mol. The largest absolute Gasteiger partial charge is 0.497 e. The molecule has 4 nitrogen and oxygen atoms in total. The van der Waals surface area contributed by atoms with Crippen LogP contribution in [0.15, 0.2) is 59.2 Å². The van der Waals surface area contributed by atoms with E-state index >= 15 is 0 Å². The first-order chi connectivity index (χ1) is 12.5. The van der Waals surface area contributed by atoms with Crippen LogP contribution in [0.2, 0.25) is 0 Å². The fourth-order valence-electron chi connectivity index (χ4n) is 2.65. The quantitative estimate of drug-likeness (QED) is 0.640. The van der Waals surface area contributed by atoms with E-state index < -0.39 is 11.8 Å². The number of aromatic carboxylic acids is 1. The molecule has 0 radical (unpaired) electrons. The van der Waals surface area contributed by atoms with Crippen molar-refractivity contribution in [3.05, 3.63) is 81.8 Å². The molecule has 0 spiro atoms. The zero-order chi connectivity index (χ0) is 18.7. The molecule has 0 aliphatic carbocycles. The van der Waals surface area contributed by atoms with Gasteiger partial charge in [-0.2, -0.15) is 0 Å². The van der Waals surface area contributed by atoms with Crippen molar-refractivity contribution in [3.8, 4) is 16.9 Å². The molecule has 0 saturated heterocycles. The number of hydrogen-bond donors (Lipinski definition) is 1. The van der Waals surface area contributed by atoms with Crippen LogP contribution in [-0.4, -0.2) is 23.2 Å². The normalized spacial score (nSPS) is 10.6. The number of nitrogens with zero attached hydrogens (tertiary/aromatic N) is 1. The van der Waals surface area contributed by atoms with Gasteiger partial charge in [-0.25, -0.2) is 9.18 Å². The molecule has 1 aromatic heterocycles. The van der Waals surface area contributed by atoms with Gasteiger partial charge in [0.05, 0.1) is 18.4 Å². The number of ether oxygens (including phenoxy) is 1. The van der Waals surface area contributed by atoms with Crippen molar-refractivity contribution >= 4 is 21.9 Å². The minimum absolute atomic E-state index is 0.0515.